The Labute approximate surface area is 64.5 Å². The third-order valence-electron chi connectivity index (χ3n) is 1.76. The van der Waals surface area contributed by atoms with Gasteiger partial charge in [0.15, 0.2) is 0 Å². The van der Waals surface area contributed by atoms with Gasteiger partial charge in [-0.2, -0.15) is 0 Å². The minimum atomic E-state index is 0.720. The predicted octanol–water partition coefficient (Wildman–Crippen LogP) is 2.20. The molecule has 0 aromatic rings. The Hall–Kier alpha value is -0.300. The maximum absolute atomic E-state index is 3.80. The molecule has 0 spiro atoms. The van der Waals surface area contributed by atoms with Gasteiger partial charge in [-0.15, -0.1) is 6.58 Å². The molecular formula is C9H19N. The highest BCUT2D eigenvalue weighted by Crippen LogP contribution is 2.10. The lowest BCUT2D eigenvalue weighted by molar-refractivity contribution is 0.523. The molecule has 0 aliphatic carbocycles. The van der Waals surface area contributed by atoms with Crippen molar-refractivity contribution in [2.75, 3.05) is 13.6 Å². The highest BCUT2D eigenvalue weighted by atomic mass is 14.8. The first-order valence-electron chi connectivity index (χ1n) is 4.12. The third kappa shape index (κ3) is 4.57. The van der Waals surface area contributed by atoms with E-state index < -0.39 is 0 Å². The van der Waals surface area contributed by atoms with Gasteiger partial charge in [0.05, 0.1) is 0 Å². The van der Waals surface area contributed by atoms with Gasteiger partial charge in [0, 0.05) is 0 Å². The lowest BCUT2D eigenvalue weighted by atomic mass is 10.0. The summed E-state index contributed by atoms with van der Waals surface area (Å²) in [5.41, 5.74) is 0. The van der Waals surface area contributed by atoms with Crippen LogP contribution in [0.5, 0.6) is 0 Å². The average molecular weight is 141 g/mol. The van der Waals surface area contributed by atoms with Gasteiger partial charge in [0.25, 0.3) is 0 Å². The smallest absolute Gasteiger partial charge is 0.00463 e. The summed E-state index contributed by atoms with van der Waals surface area (Å²) in [6, 6.07) is 0. The molecule has 0 amide bonds. The first kappa shape index (κ1) is 9.70. The van der Waals surface area contributed by atoms with Gasteiger partial charge >= 0.3 is 0 Å². The fourth-order valence-corrected chi connectivity index (χ4v) is 1.08. The van der Waals surface area contributed by atoms with Crippen LogP contribution in [-0.2, 0) is 0 Å². The average Bonchev–Trinajstić information content (AvgIpc) is 1.98. The molecule has 0 heterocycles. The summed E-state index contributed by atoms with van der Waals surface area (Å²) >= 11 is 0. The number of allylic oxidation sites excluding steroid dienone is 1. The molecular weight excluding hydrogens is 122 g/mol. The van der Waals surface area contributed by atoms with E-state index >= 15 is 0 Å². The van der Waals surface area contributed by atoms with Crippen molar-refractivity contribution in [2.45, 2.75) is 26.2 Å². The molecule has 0 saturated carbocycles. The molecule has 1 nitrogen and oxygen atoms in total. The lowest BCUT2D eigenvalue weighted by Crippen LogP contribution is -2.11. The Bertz CT molecular complexity index is 78.8. The van der Waals surface area contributed by atoms with Gasteiger partial charge in [-0.25, -0.2) is 0 Å². The van der Waals surface area contributed by atoms with Crippen molar-refractivity contribution < 1.29 is 0 Å². The summed E-state index contributed by atoms with van der Waals surface area (Å²) < 4.78 is 0. The Balaban J connectivity index is 3.29. The third-order valence-corrected chi connectivity index (χ3v) is 1.76. The summed E-state index contributed by atoms with van der Waals surface area (Å²) in [4.78, 5) is 0. The molecule has 0 aliphatic heterocycles. The summed E-state index contributed by atoms with van der Waals surface area (Å²) in [6.45, 7) is 7.13. The number of rotatable bonds is 6. The van der Waals surface area contributed by atoms with Crippen molar-refractivity contribution in [3.63, 3.8) is 0 Å². The van der Waals surface area contributed by atoms with E-state index in [1.807, 2.05) is 7.05 Å². The highest BCUT2D eigenvalue weighted by molar-refractivity contribution is 4.78. The molecule has 0 bridgehead atoms. The van der Waals surface area contributed by atoms with Crippen LogP contribution in [0.3, 0.4) is 0 Å². The van der Waals surface area contributed by atoms with Gasteiger partial charge < -0.3 is 5.32 Å². The van der Waals surface area contributed by atoms with Crippen LogP contribution in [0.2, 0.25) is 0 Å². The Morgan fingerprint density at radius 2 is 2.20 bits per heavy atom. The zero-order chi connectivity index (χ0) is 7.82. The summed E-state index contributed by atoms with van der Waals surface area (Å²) in [5.74, 6) is 0.720. The number of nitrogens with one attached hydrogen (secondary N) is 1. The Morgan fingerprint density at radius 3 is 2.60 bits per heavy atom. The molecule has 1 atom stereocenters. The van der Waals surface area contributed by atoms with Crippen molar-refractivity contribution in [1.82, 2.24) is 5.32 Å². The van der Waals surface area contributed by atoms with E-state index in [-0.39, 0.29) is 0 Å². The van der Waals surface area contributed by atoms with Crippen molar-refractivity contribution >= 4 is 0 Å². The van der Waals surface area contributed by atoms with Crippen molar-refractivity contribution in [3.05, 3.63) is 12.7 Å². The van der Waals surface area contributed by atoms with Crippen LogP contribution in [0.1, 0.15) is 26.2 Å². The van der Waals surface area contributed by atoms with Gasteiger partial charge in [0.1, 0.15) is 0 Å². The molecule has 1 heteroatoms. The monoisotopic (exact) mass is 141 g/mol. The molecule has 10 heavy (non-hydrogen) atoms. The zero-order valence-corrected chi connectivity index (χ0v) is 7.19. The summed E-state index contributed by atoms with van der Waals surface area (Å²) in [6.07, 6.45) is 5.85. The molecule has 0 aromatic carbocycles. The quantitative estimate of drug-likeness (QED) is 0.559. The van der Waals surface area contributed by atoms with E-state index in [1.54, 1.807) is 0 Å². The summed E-state index contributed by atoms with van der Waals surface area (Å²) in [7, 11) is 1.99. The van der Waals surface area contributed by atoms with Crippen LogP contribution in [0, 0.1) is 5.92 Å². The number of hydrogen-bond acceptors (Lipinski definition) is 1. The minimum Gasteiger partial charge on any atom is -0.320 e. The van der Waals surface area contributed by atoms with Crippen molar-refractivity contribution in [3.8, 4) is 0 Å². The first-order chi connectivity index (χ1) is 4.85. The van der Waals surface area contributed by atoms with Gasteiger partial charge in [-0.05, 0) is 32.4 Å². The van der Waals surface area contributed by atoms with Crippen LogP contribution < -0.4 is 5.32 Å². The lowest BCUT2D eigenvalue weighted by Gasteiger charge is -2.09. The predicted molar refractivity (Wildman–Crippen MR) is 47.1 cm³/mol. The molecule has 0 aromatic heterocycles. The largest absolute Gasteiger partial charge is 0.320 e. The minimum absolute atomic E-state index is 0.720. The molecule has 0 aliphatic rings. The highest BCUT2D eigenvalue weighted by Gasteiger charge is 1.99. The SMILES string of the molecule is C=CC(CCC)CCNC. The maximum atomic E-state index is 3.80. The van der Waals surface area contributed by atoms with Crippen LogP contribution in [-0.4, -0.2) is 13.6 Å². The molecule has 0 rings (SSSR count). The van der Waals surface area contributed by atoms with Gasteiger partial charge in [-0.3, -0.25) is 0 Å². The van der Waals surface area contributed by atoms with Crippen molar-refractivity contribution in [1.29, 1.82) is 0 Å². The Morgan fingerprint density at radius 1 is 1.50 bits per heavy atom. The summed E-state index contributed by atoms with van der Waals surface area (Å²) in [5, 5.41) is 3.14. The molecule has 1 unspecified atom stereocenters. The van der Waals surface area contributed by atoms with E-state index in [1.165, 1.54) is 19.3 Å². The maximum Gasteiger partial charge on any atom is -0.00463 e. The number of hydrogen-bond donors (Lipinski definition) is 1. The van der Waals surface area contributed by atoms with E-state index in [0.717, 1.165) is 12.5 Å². The van der Waals surface area contributed by atoms with E-state index in [4.69, 9.17) is 0 Å². The second-order valence-electron chi connectivity index (χ2n) is 2.68. The van der Waals surface area contributed by atoms with Crippen LogP contribution >= 0.6 is 0 Å². The van der Waals surface area contributed by atoms with Gasteiger partial charge in [0.2, 0.25) is 0 Å². The molecule has 1 N–H and O–H groups in total. The zero-order valence-electron chi connectivity index (χ0n) is 7.19. The second-order valence-corrected chi connectivity index (χ2v) is 2.68. The molecule has 0 radical (unpaired) electrons. The topological polar surface area (TPSA) is 12.0 Å². The van der Waals surface area contributed by atoms with Crippen LogP contribution in [0.4, 0.5) is 0 Å². The first-order valence-corrected chi connectivity index (χ1v) is 4.12. The fourth-order valence-electron chi connectivity index (χ4n) is 1.08. The standard InChI is InChI=1S/C9H19N/c1-4-6-9(5-2)7-8-10-3/h5,9-10H,2,4,6-8H2,1,3H3. The molecule has 0 saturated heterocycles. The molecule has 0 fully saturated rings. The van der Waals surface area contributed by atoms with E-state index in [2.05, 4.69) is 24.9 Å². The van der Waals surface area contributed by atoms with Crippen molar-refractivity contribution in [2.24, 2.45) is 5.92 Å². The molecule has 60 valence electrons. The Kier molecular flexibility index (Phi) is 6.61. The van der Waals surface area contributed by atoms with Crippen LogP contribution in [0.15, 0.2) is 12.7 Å². The van der Waals surface area contributed by atoms with E-state index in [9.17, 15) is 0 Å². The second kappa shape index (κ2) is 6.81. The normalized spacial score (nSPS) is 13.0. The fraction of sp³-hybridized carbons (Fsp3) is 0.778. The van der Waals surface area contributed by atoms with E-state index in [0.29, 0.717) is 0 Å². The van der Waals surface area contributed by atoms with Gasteiger partial charge in [-0.1, -0.05) is 19.4 Å². The van der Waals surface area contributed by atoms with Crippen LogP contribution in [0.25, 0.3) is 0 Å².